The van der Waals surface area contributed by atoms with Crippen molar-refractivity contribution in [1.29, 1.82) is 0 Å². The lowest BCUT2D eigenvalue weighted by atomic mass is 10.2. The molecule has 1 N–H and O–H groups in total. The second kappa shape index (κ2) is 5.25. The smallest absolute Gasteiger partial charge is 0.170 e. The maximum absolute atomic E-state index is 6.19. The minimum atomic E-state index is 0.619. The molecule has 0 aliphatic heterocycles. The van der Waals surface area contributed by atoms with Crippen molar-refractivity contribution in [2.24, 2.45) is 0 Å². The van der Waals surface area contributed by atoms with E-state index in [2.05, 4.69) is 20.8 Å². The topological polar surface area (TPSA) is 55.6 Å². The van der Waals surface area contributed by atoms with Crippen LogP contribution in [0.5, 0.6) is 0 Å². The molecule has 1 aromatic carbocycles. The highest BCUT2D eigenvalue weighted by atomic mass is 35.5. The number of aryl methyl sites for hydroxylation is 1. The molecule has 1 aromatic heterocycles. The van der Waals surface area contributed by atoms with Crippen LogP contribution in [0, 0.1) is 6.92 Å². The van der Waals surface area contributed by atoms with Crippen molar-refractivity contribution in [3.63, 3.8) is 0 Å². The molecule has 0 unspecified atom stereocenters. The molecule has 0 amide bonds. The number of rotatable bonds is 4. The van der Waals surface area contributed by atoms with Crippen LogP contribution < -0.4 is 5.32 Å². The molecule has 0 aliphatic carbocycles. The van der Waals surface area contributed by atoms with E-state index in [4.69, 9.17) is 11.6 Å². The summed E-state index contributed by atoms with van der Waals surface area (Å²) in [7, 11) is 0. The first-order valence-corrected chi connectivity index (χ1v) is 5.84. The number of aromatic nitrogens is 4. The van der Waals surface area contributed by atoms with E-state index in [1.165, 1.54) is 0 Å². The van der Waals surface area contributed by atoms with Gasteiger partial charge in [-0.3, -0.25) is 0 Å². The van der Waals surface area contributed by atoms with Crippen LogP contribution in [0.15, 0.2) is 18.2 Å². The minimum absolute atomic E-state index is 0.619. The summed E-state index contributed by atoms with van der Waals surface area (Å²) in [5.74, 6) is 0.748. The number of nitrogens with one attached hydrogen (secondary N) is 1. The van der Waals surface area contributed by atoms with E-state index in [0.29, 0.717) is 11.6 Å². The molecule has 0 saturated carbocycles. The van der Waals surface area contributed by atoms with Crippen LogP contribution in [0.3, 0.4) is 0 Å². The summed E-state index contributed by atoms with van der Waals surface area (Å²) >= 11 is 6.19. The first-order valence-electron chi connectivity index (χ1n) is 5.47. The normalized spacial score (nSPS) is 10.8. The predicted octanol–water partition coefficient (Wildman–Crippen LogP) is 1.73. The zero-order chi connectivity index (χ0) is 12.3. The van der Waals surface area contributed by atoms with Gasteiger partial charge in [0.15, 0.2) is 5.82 Å². The van der Waals surface area contributed by atoms with E-state index in [9.17, 15) is 0 Å². The average Bonchev–Trinajstić information content (AvgIpc) is 2.74. The Morgan fingerprint density at radius 3 is 2.94 bits per heavy atom. The van der Waals surface area contributed by atoms with Gasteiger partial charge in [-0.1, -0.05) is 24.6 Å². The highest BCUT2D eigenvalue weighted by Gasteiger charge is 2.10. The predicted molar refractivity (Wildman–Crippen MR) is 66.3 cm³/mol. The third-order valence-corrected chi connectivity index (χ3v) is 2.70. The van der Waals surface area contributed by atoms with E-state index >= 15 is 0 Å². The molecule has 90 valence electrons. The van der Waals surface area contributed by atoms with Crippen LogP contribution in [0.2, 0.25) is 5.02 Å². The largest absolute Gasteiger partial charge is 0.310 e. The first-order chi connectivity index (χ1) is 8.22. The molecule has 0 saturated heterocycles. The summed E-state index contributed by atoms with van der Waals surface area (Å²) in [6.07, 6.45) is 0. The summed E-state index contributed by atoms with van der Waals surface area (Å²) < 4.78 is 1.66. The lowest BCUT2D eigenvalue weighted by Crippen LogP contribution is -2.16. The maximum atomic E-state index is 6.19. The molecule has 2 aromatic rings. The molecule has 2 rings (SSSR count). The van der Waals surface area contributed by atoms with E-state index < -0.39 is 0 Å². The number of hydrogen-bond donors (Lipinski definition) is 1. The fourth-order valence-electron chi connectivity index (χ4n) is 1.52. The van der Waals surface area contributed by atoms with Gasteiger partial charge in [0.05, 0.1) is 17.3 Å². The van der Waals surface area contributed by atoms with Gasteiger partial charge in [0.1, 0.15) is 0 Å². The molecule has 1 heterocycles. The Morgan fingerprint density at radius 2 is 2.24 bits per heavy atom. The molecule has 0 spiro atoms. The summed E-state index contributed by atoms with van der Waals surface area (Å²) in [6, 6.07) is 5.80. The Balaban J connectivity index is 2.35. The fraction of sp³-hybridized carbons (Fsp3) is 0.364. The molecule has 0 fully saturated rings. The van der Waals surface area contributed by atoms with E-state index in [-0.39, 0.29) is 0 Å². The van der Waals surface area contributed by atoms with Gasteiger partial charge >= 0.3 is 0 Å². The second-order valence-electron chi connectivity index (χ2n) is 3.74. The van der Waals surface area contributed by atoms with Crippen molar-refractivity contribution < 1.29 is 0 Å². The van der Waals surface area contributed by atoms with Gasteiger partial charge in [-0.2, -0.15) is 4.68 Å². The molecule has 0 bridgehead atoms. The molecular formula is C11H14ClN5. The first kappa shape index (κ1) is 12.0. The number of tetrazole rings is 1. The molecule has 0 radical (unpaired) electrons. The summed E-state index contributed by atoms with van der Waals surface area (Å²) in [6.45, 7) is 5.52. The zero-order valence-electron chi connectivity index (χ0n) is 9.81. The number of halogens is 1. The third kappa shape index (κ3) is 2.62. The van der Waals surface area contributed by atoms with Crippen LogP contribution in [0.25, 0.3) is 5.69 Å². The zero-order valence-corrected chi connectivity index (χ0v) is 10.6. The Kier molecular flexibility index (Phi) is 3.71. The van der Waals surface area contributed by atoms with Crippen LogP contribution in [0.1, 0.15) is 18.3 Å². The number of benzene rings is 1. The average molecular weight is 252 g/mol. The van der Waals surface area contributed by atoms with Crippen molar-refractivity contribution in [3.8, 4) is 5.69 Å². The van der Waals surface area contributed by atoms with Gasteiger partial charge in [0, 0.05) is 0 Å². The monoisotopic (exact) mass is 251 g/mol. The van der Waals surface area contributed by atoms with Crippen molar-refractivity contribution >= 4 is 11.6 Å². The number of nitrogens with zero attached hydrogens (tertiary/aromatic N) is 4. The van der Waals surface area contributed by atoms with Crippen molar-refractivity contribution in [2.45, 2.75) is 20.4 Å². The Morgan fingerprint density at radius 1 is 1.41 bits per heavy atom. The van der Waals surface area contributed by atoms with Gasteiger partial charge in [-0.25, -0.2) is 0 Å². The highest BCUT2D eigenvalue weighted by molar-refractivity contribution is 6.32. The van der Waals surface area contributed by atoms with E-state index in [1.54, 1.807) is 4.68 Å². The molecule has 0 aliphatic rings. The van der Waals surface area contributed by atoms with Crippen LogP contribution >= 0.6 is 11.6 Å². The fourth-order valence-corrected chi connectivity index (χ4v) is 1.84. The summed E-state index contributed by atoms with van der Waals surface area (Å²) in [4.78, 5) is 0. The van der Waals surface area contributed by atoms with Crippen LogP contribution in [-0.2, 0) is 6.54 Å². The van der Waals surface area contributed by atoms with Gasteiger partial charge in [0.25, 0.3) is 0 Å². The molecule has 17 heavy (non-hydrogen) atoms. The van der Waals surface area contributed by atoms with Gasteiger partial charge in [0.2, 0.25) is 0 Å². The van der Waals surface area contributed by atoms with E-state index in [1.807, 2.05) is 32.0 Å². The maximum Gasteiger partial charge on any atom is 0.170 e. The third-order valence-electron chi connectivity index (χ3n) is 2.40. The second-order valence-corrected chi connectivity index (χ2v) is 4.15. The van der Waals surface area contributed by atoms with Crippen molar-refractivity contribution in [1.82, 2.24) is 25.5 Å². The van der Waals surface area contributed by atoms with Crippen LogP contribution in [-0.4, -0.2) is 26.8 Å². The molecule has 5 nitrogen and oxygen atoms in total. The lowest BCUT2D eigenvalue weighted by molar-refractivity contribution is 0.664. The molecular weight excluding hydrogens is 238 g/mol. The molecule has 0 atom stereocenters. The highest BCUT2D eigenvalue weighted by Crippen LogP contribution is 2.21. The summed E-state index contributed by atoms with van der Waals surface area (Å²) in [5, 5.41) is 15.4. The Labute approximate surface area is 105 Å². The van der Waals surface area contributed by atoms with Crippen molar-refractivity contribution in [3.05, 3.63) is 34.6 Å². The van der Waals surface area contributed by atoms with Gasteiger partial charge in [-0.05, 0) is 41.6 Å². The Bertz CT molecular complexity index is 508. The van der Waals surface area contributed by atoms with Gasteiger partial charge in [-0.15, -0.1) is 5.10 Å². The lowest BCUT2D eigenvalue weighted by Gasteiger charge is -2.07. The standard InChI is InChI=1S/C11H14ClN5/c1-3-13-7-11-14-15-16-17(11)10-5-4-8(2)6-9(10)12/h4-6,13H,3,7H2,1-2H3. The van der Waals surface area contributed by atoms with E-state index in [0.717, 1.165) is 23.6 Å². The Hall–Kier alpha value is -1.46. The quantitative estimate of drug-likeness (QED) is 0.899. The minimum Gasteiger partial charge on any atom is -0.310 e. The van der Waals surface area contributed by atoms with Crippen LogP contribution in [0.4, 0.5) is 0 Å². The molecule has 6 heteroatoms. The SMILES string of the molecule is CCNCc1nnnn1-c1ccc(C)cc1Cl. The number of hydrogen-bond acceptors (Lipinski definition) is 4. The summed E-state index contributed by atoms with van der Waals surface area (Å²) in [5.41, 5.74) is 1.91. The van der Waals surface area contributed by atoms with Crippen molar-refractivity contribution in [2.75, 3.05) is 6.54 Å². The van der Waals surface area contributed by atoms with Gasteiger partial charge < -0.3 is 5.32 Å².